The zero-order valence-electron chi connectivity index (χ0n) is 6.88. The van der Waals surface area contributed by atoms with Gasteiger partial charge >= 0.3 is 0 Å². The first-order chi connectivity index (χ1) is 5.38. The highest BCUT2D eigenvalue weighted by atomic mass is 16.5. The van der Waals surface area contributed by atoms with Gasteiger partial charge in [0, 0.05) is 13.7 Å². The Kier molecular flexibility index (Phi) is 3.39. The number of hydrogen-bond acceptors (Lipinski definition) is 3. The lowest BCUT2D eigenvalue weighted by Gasteiger charge is -2.30. The minimum Gasteiger partial charge on any atom is -0.386 e. The Morgan fingerprint density at radius 3 is 3.18 bits per heavy atom. The third kappa shape index (κ3) is 2.20. The Balaban J connectivity index is 2.37. The van der Waals surface area contributed by atoms with E-state index in [9.17, 15) is 0 Å². The SMILES string of the molecule is C=CN[C@@H]1CCOCC1OC. The van der Waals surface area contributed by atoms with Crippen LogP contribution in [0.4, 0.5) is 0 Å². The van der Waals surface area contributed by atoms with Crippen molar-refractivity contribution in [2.75, 3.05) is 20.3 Å². The number of nitrogens with one attached hydrogen (secondary N) is 1. The molecular weight excluding hydrogens is 142 g/mol. The van der Waals surface area contributed by atoms with Gasteiger partial charge in [0.15, 0.2) is 0 Å². The molecule has 1 unspecified atom stereocenters. The van der Waals surface area contributed by atoms with E-state index >= 15 is 0 Å². The molecule has 0 bridgehead atoms. The molecule has 1 aliphatic rings. The normalized spacial score (nSPS) is 31.4. The van der Waals surface area contributed by atoms with E-state index in [4.69, 9.17) is 9.47 Å². The Hall–Kier alpha value is -0.540. The molecule has 0 saturated carbocycles. The van der Waals surface area contributed by atoms with E-state index < -0.39 is 0 Å². The zero-order chi connectivity index (χ0) is 8.10. The molecular formula is C8H15NO2. The first-order valence-electron chi connectivity index (χ1n) is 3.86. The summed E-state index contributed by atoms with van der Waals surface area (Å²) in [5, 5.41) is 3.14. The first-order valence-corrected chi connectivity index (χ1v) is 3.86. The number of hydrogen-bond donors (Lipinski definition) is 1. The summed E-state index contributed by atoms with van der Waals surface area (Å²) in [5.41, 5.74) is 0. The minimum absolute atomic E-state index is 0.168. The summed E-state index contributed by atoms with van der Waals surface area (Å²) < 4.78 is 10.5. The molecule has 1 saturated heterocycles. The van der Waals surface area contributed by atoms with Crippen molar-refractivity contribution >= 4 is 0 Å². The van der Waals surface area contributed by atoms with Crippen molar-refractivity contribution in [1.82, 2.24) is 5.32 Å². The summed E-state index contributed by atoms with van der Waals surface area (Å²) in [6.07, 6.45) is 2.87. The topological polar surface area (TPSA) is 30.5 Å². The molecule has 3 heteroatoms. The van der Waals surface area contributed by atoms with Crippen LogP contribution in [0.15, 0.2) is 12.8 Å². The van der Waals surface area contributed by atoms with Crippen molar-refractivity contribution in [2.45, 2.75) is 18.6 Å². The average Bonchev–Trinajstić information content (AvgIpc) is 2.06. The van der Waals surface area contributed by atoms with Crippen molar-refractivity contribution in [3.8, 4) is 0 Å². The summed E-state index contributed by atoms with van der Waals surface area (Å²) in [5.74, 6) is 0. The molecule has 1 N–H and O–H groups in total. The maximum absolute atomic E-state index is 5.25. The molecule has 11 heavy (non-hydrogen) atoms. The second-order valence-electron chi connectivity index (χ2n) is 2.62. The maximum atomic E-state index is 5.25. The predicted molar refractivity (Wildman–Crippen MR) is 43.4 cm³/mol. The quantitative estimate of drug-likeness (QED) is 0.648. The van der Waals surface area contributed by atoms with Gasteiger partial charge in [0.2, 0.25) is 0 Å². The van der Waals surface area contributed by atoms with Gasteiger partial charge in [0.05, 0.1) is 12.6 Å². The molecule has 1 aliphatic heterocycles. The van der Waals surface area contributed by atoms with E-state index in [0.29, 0.717) is 12.6 Å². The molecule has 0 aromatic rings. The van der Waals surface area contributed by atoms with Crippen molar-refractivity contribution < 1.29 is 9.47 Å². The highest BCUT2D eigenvalue weighted by Crippen LogP contribution is 2.09. The zero-order valence-corrected chi connectivity index (χ0v) is 6.88. The Labute approximate surface area is 67.4 Å². The summed E-state index contributed by atoms with van der Waals surface area (Å²) in [4.78, 5) is 0. The molecule has 0 aromatic carbocycles. The molecule has 64 valence electrons. The molecule has 1 fully saturated rings. The molecule has 0 aromatic heterocycles. The maximum Gasteiger partial charge on any atom is 0.101 e. The van der Waals surface area contributed by atoms with Gasteiger partial charge in [0.1, 0.15) is 6.10 Å². The molecule has 0 spiro atoms. The minimum atomic E-state index is 0.168. The second-order valence-corrected chi connectivity index (χ2v) is 2.62. The lowest BCUT2D eigenvalue weighted by Crippen LogP contribution is -2.45. The molecule has 1 heterocycles. The fourth-order valence-corrected chi connectivity index (χ4v) is 1.29. The molecule has 0 aliphatic carbocycles. The van der Waals surface area contributed by atoms with Crippen LogP contribution in [0.1, 0.15) is 6.42 Å². The Morgan fingerprint density at radius 2 is 2.55 bits per heavy atom. The van der Waals surface area contributed by atoms with Gasteiger partial charge < -0.3 is 14.8 Å². The summed E-state index contributed by atoms with van der Waals surface area (Å²) in [7, 11) is 1.71. The molecule has 0 radical (unpaired) electrons. The monoisotopic (exact) mass is 157 g/mol. The highest BCUT2D eigenvalue weighted by Gasteiger charge is 2.23. The van der Waals surface area contributed by atoms with Gasteiger partial charge in [-0.15, -0.1) is 0 Å². The highest BCUT2D eigenvalue weighted by molar-refractivity contribution is 4.83. The van der Waals surface area contributed by atoms with Crippen molar-refractivity contribution in [2.24, 2.45) is 0 Å². The van der Waals surface area contributed by atoms with E-state index in [1.807, 2.05) is 0 Å². The van der Waals surface area contributed by atoms with E-state index in [2.05, 4.69) is 11.9 Å². The standard InChI is InChI=1S/C8H15NO2/c1-3-9-7-4-5-11-6-8(7)10-2/h3,7-9H,1,4-6H2,2H3/t7-,8?/m1/s1. The second kappa shape index (κ2) is 4.36. The average molecular weight is 157 g/mol. The van der Waals surface area contributed by atoms with Crippen molar-refractivity contribution in [3.05, 3.63) is 12.8 Å². The largest absolute Gasteiger partial charge is 0.386 e. The number of methoxy groups -OCH3 is 1. The predicted octanol–water partition coefficient (Wildman–Crippen LogP) is 0.523. The molecule has 1 rings (SSSR count). The van der Waals surface area contributed by atoms with Gasteiger partial charge in [-0.1, -0.05) is 6.58 Å². The Morgan fingerprint density at radius 1 is 1.73 bits per heavy atom. The third-order valence-corrected chi connectivity index (χ3v) is 1.94. The van der Waals surface area contributed by atoms with Crippen LogP contribution in [0.25, 0.3) is 0 Å². The van der Waals surface area contributed by atoms with Crippen molar-refractivity contribution in [1.29, 1.82) is 0 Å². The van der Waals surface area contributed by atoms with Gasteiger partial charge in [0.25, 0.3) is 0 Å². The van der Waals surface area contributed by atoms with Crippen LogP contribution < -0.4 is 5.32 Å². The number of ether oxygens (including phenoxy) is 2. The van der Waals surface area contributed by atoms with Crippen LogP contribution >= 0.6 is 0 Å². The molecule has 0 amide bonds. The van der Waals surface area contributed by atoms with E-state index in [1.165, 1.54) is 0 Å². The lowest BCUT2D eigenvalue weighted by molar-refractivity contribution is -0.0468. The third-order valence-electron chi connectivity index (χ3n) is 1.94. The van der Waals surface area contributed by atoms with E-state index in [1.54, 1.807) is 13.3 Å². The van der Waals surface area contributed by atoms with Crippen LogP contribution in [0.5, 0.6) is 0 Å². The lowest BCUT2D eigenvalue weighted by atomic mass is 10.1. The molecule has 3 nitrogen and oxygen atoms in total. The fraction of sp³-hybridized carbons (Fsp3) is 0.750. The van der Waals surface area contributed by atoms with Gasteiger partial charge in [-0.3, -0.25) is 0 Å². The first kappa shape index (κ1) is 8.56. The fourth-order valence-electron chi connectivity index (χ4n) is 1.29. The van der Waals surface area contributed by atoms with Crippen LogP contribution in [0.3, 0.4) is 0 Å². The van der Waals surface area contributed by atoms with E-state index in [-0.39, 0.29) is 6.10 Å². The van der Waals surface area contributed by atoms with Crippen LogP contribution in [-0.2, 0) is 9.47 Å². The smallest absolute Gasteiger partial charge is 0.101 e. The van der Waals surface area contributed by atoms with Gasteiger partial charge in [-0.2, -0.15) is 0 Å². The summed E-state index contributed by atoms with van der Waals surface area (Å²) >= 11 is 0. The van der Waals surface area contributed by atoms with Crippen LogP contribution in [0, 0.1) is 0 Å². The number of rotatable bonds is 3. The summed E-state index contributed by atoms with van der Waals surface area (Å²) in [6.45, 7) is 5.11. The summed E-state index contributed by atoms with van der Waals surface area (Å²) in [6, 6.07) is 0.367. The van der Waals surface area contributed by atoms with Gasteiger partial charge in [-0.25, -0.2) is 0 Å². The van der Waals surface area contributed by atoms with Crippen LogP contribution in [-0.4, -0.2) is 32.5 Å². The Bertz CT molecular complexity index is 127. The van der Waals surface area contributed by atoms with Crippen LogP contribution in [0.2, 0.25) is 0 Å². The van der Waals surface area contributed by atoms with Crippen molar-refractivity contribution in [3.63, 3.8) is 0 Å². The molecule has 2 atom stereocenters. The van der Waals surface area contributed by atoms with Gasteiger partial charge in [-0.05, 0) is 12.6 Å². The van der Waals surface area contributed by atoms with E-state index in [0.717, 1.165) is 13.0 Å².